The van der Waals surface area contributed by atoms with Gasteiger partial charge in [0.05, 0.1) is 11.6 Å². The number of aliphatic hydroxyl groups excluding tert-OH is 1. The maximum Gasteiger partial charge on any atom is 0.416 e. The van der Waals surface area contributed by atoms with Gasteiger partial charge in [0.1, 0.15) is 23.9 Å². The van der Waals surface area contributed by atoms with Crippen LogP contribution in [0.2, 0.25) is 0 Å². The number of carbonyl (C=O) groups is 6. The summed E-state index contributed by atoms with van der Waals surface area (Å²) in [6, 6.07) is 9.41. The number of aliphatic hydroxyl groups is 1. The van der Waals surface area contributed by atoms with Gasteiger partial charge in [-0.05, 0) is 60.7 Å². The summed E-state index contributed by atoms with van der Waals surface area (Å²) < 4.78 is 41.0. The van der Waals surface area contributed by atoms with Gasteiger partial charge in [0.2, 0.25) is 36.0 Å². The van der Waals surface area contributed by atoms with E-state index < -0.39 is 84.7 Å². The smallest absolute Gasteiger partial charge is 0.416 e. The molecule has 8 N–H and O–H groups in total. The first-order valence-electron chi connectivity index (χ1n) is 16.6. The van der Waals surface area contributed by atoms with Crippen molar-refractivity contribution in [3.05, 3.63) is 84.2 Å². The van der Waals surface area contributed by atoms with Gasteiger partial charge >= 0.3 is 12.6 Å². The minimum Gasteiger partial charge on any atom is -0.508 e. The van der Waals surface area contributed by atoms with Crippen molar-refractivity contribution in [1.82, 2.24) is 21.3 Å². The highest BCUT2D eigenvalue weighted by atomic mass is 19.4. The number of primary amides is 1. The lowest BCUT2D eigenvalue weighted by molar-refractivity contribution is -0.866. The van der Waals surface area contributed by atoms with Crippen LogP contribution in [0.4, 0.5) is 13.2 Å². The van der Waals surface area contributed by atoms with Crippen LogP contribution in [0.5, 0.6) is 5.75 Å². The number of halogens is 3. The molecule has 0 radical (unpaired) electrons. The Balaban J connectivity index is 1.77. The second-order valence-corrected chi connectivity index (χ2v) is 12.7. The number of aromatic nitrogens is 1. The van der Waals surface area contributed by atoms with Crippen molar-refractivity contribution < 1.29 is 61.7 Å². The van der Waals surface area contributed by atoms with Crippen LogP contribution in [0.25, 0.3) is 11.1 Å². The van der Waals surface area contributed by atoms with Gasteiger partial charge in [0, 0.05) is 29.2 Å². The number of carbonyl (C=O) groups excluding carboxylic acids is 6. The maximum atomic E-state index is 13.7. The fourth-order valence-electron chi connectivity index (χ4n) is 5.17. The van der Waals surface area contributed by atoms with Gasteiger partial charge < -0.3 is 37.2 Å². The fourth-order valence-corrected chi connectivity index (χ4v) is 5.17. The van der Waals surface area contributed by atoms with Crippen molar-refractivity contribution in [3.63, 3.8) is 0 Å². The van der Waals surface area contributed by atoms with E-state index in [9.17, 15) is 52.2 Å². The molecule has 54 heavy (non-hydrogen) atoms. The lowest BCUT2D eigenvalue weighted by Crippen LogP contribution is -2.59. The predicted molar refractivity (Wildman–Crippen MR) is 185 cm³/mol. The van der Waals surface area contributed by atoms with E-state index in [0.29, 0.717) is 16.7 Å². The van der Waals surface area contributed by atoms with E-state index in [2.05, 4.69) is 16.0 Å². The summed E-state index contributed by atoms with van der Waals surface area (Å²) in [4.78, 5) is 80.1. The molecule has 0 fully saturated rings. The first-order chi connectivity index (χ1) is 25.4. The van der Waals surface area contributed by atoms with E-state index in [1.165, 1.54) is 47.3 Å². The molecule has 0 aliphatic heterocycles. The lowest BCUT2D eigenvalue weighted by atomic mass is 10.00. The molecule has 1 heterocycles. The number of hydrogen-bond acceptors (Lipinski definition) is 9. The van der Waals surface area contributed by atoms with Crippen LogP contribution >= 0.6 is 0 Å². The SMILES string of the molecule is CC(C)[C@H](NC(=O)c1ccc(-c2ccc[n+](OC=O)c2)cc1)C(=O)N[C@@H](Cc1ccc(O)cc1)C(=O)N[C@@H](C)C(=O)NC(CCC(N)=O)C(O)C(F)(F)F. The van der Waals surface area contributed by atoms with E-state index >= 15 is 0 Å². The number of nitrogens with two attached hydrogens (primary N) is 1. The lowest BCUT2D eigenvalue weighted by Gasteiger charge is -2.28. The Morgan fingerprint density at radius 2 is 1.52 bits per heavy atom. The number of nitrogens with one attached hydrogen (secondary N) is 4. The average molecular weight is 760 g/mol. The molecule has 0 spiro atoms. The number of nitrogens with zero attached hydrogens (tertiary/aromatic N) is 1. The average Bonchev–Trinajstić information content (AvgIpc) is 3.12. The van der Waals surface area contributed by atoms with Crippen molar-refractivity contribution in [1.29, 1.82) is 0 Å². The first kappa shape index (κ1) is 42.4. The number of benzene rings is 2. The molecule has 0 saturated heterocycles. The van der Waals surface area contributed by atoms with Crippen molar-refractivity contribution >= 4 is 36.0 Å². The molecule has 2 unspecified atom stereocenters. The Hall–Kier alpha value is -6.04. The number of hydrogen-bond donors (Lipinski definition) is 7. The quantitative estimate of drug-likeness (QED) is 0.0710. The molecule has 2 aromatic carbocycles. The Bertz CT molecular complexity index is 1790. The molecule has 0 aliphatic carbocycles. The summed E-state index contributed by atoms with van der Waals surface area (Å²) in [6.07, 6.45) is -6.49. The summed E-state index contributed by atoms with van der Waals surface area (Å²) in [5.74, 6) is -4.96. The number of rotatable bonds is 18. The molecule has 0 bridgehead atoms. The third-order valence-corrected chi connectivity index (χ3v) is 8.16. The molecule has 0 aliphatic rings. The molecule has 290 valence electrons. The number of pyridine rings is 1. The van der Waals surface area contributed by atoms with E-state index in [-0.39, 0.29) is 24.2 Å². The second-order valence-electron chi connectivity index (χ2n) is 12.7. The number of amides is 5. The highest BCUT2D eigenvalue weighted by Gasteiger charge is 2.44. The molecule has 5 amide bonds. The second kappa shape index (κ2) is 19.2. The molecule has 18 heteroatoms. The Morgan fingerprint density at radius 1 is 0.870 bits per heavy atom. The third-order valence-electron chi connectivity index (χ3n) is 8.16. The van der Waals surface area contributed by atoms with Crippen LogP contribution < -0.4 is 36.6 Å². The summed E-state index contributed by atoms with van der Waals surface area (Å²) in [5, 5.41) is 29.1. The molecule has 3 aromatic rings. The highest BCUT2D eigenvalue weighted by molar-refractivity contribution is 5.99. The highest BCUT2D eigenvalue weighted by Crippen LogP contribution is 2.24. The molecule has 5 atom stereocenters. The van der Waals surface area contributed by atoms with Crippen molar-refractivity contribution in [3.8, 4) is 16.9 Å². The number of phenolic OH excluding ortho intramolecular Hbond substituents is 1. The largest absolute Gasteiger partial charge is 0.508 e. The van der Waals surface area contributed by atoms with Crippen molar-refractivity contribution in [2.45, 2.75) is 76.5 Å². The zero-order chi connectivity index (χ0) is 40.2. The van der Waals surface area contributed by atoms with Gasteiger partial charge in [-0.15, -0.1) is 0 Å². The number of aromatic hydroxyl groups is 1. The number of phenols is 1. The van der Waals surface area contributed by atoms with Crippen molar-refractivity contribution in [2.75, 3.05) is 0 Å². The minimum absolute atomic E-state index is 0.0732. The van der Waals surface area contributed by atoms with Crippen LogP contribution in [-0.2, 0) is 30.4 Å². The van der Waals surface area contributed by atoms with Crippen LogP contribution in [-0.4, -0.2) is 82.7 Å². The molecular formula is C36H42F3N6O9+. The molecule has 0 saturated carbocycles. The van der Waals surface area contributed by atoms with Crippen LogP contribution in [0.1, 0.15) is 49.5 Å². The summed E-state index contributed by atoms with van der Waals surface area (Å²) >= 11 is 0. The monoisotopic (exact) mass is 759 g/mol. The van der Waals surface area contributed by atoms with Gasteiger partial charge in [-0.25, -0.2) is 4.79 Å². The van der Waals surface area contributed by atoms with Gasteiger partial charge in [-0.2, -0.15) is 18.0 Å². The fraction of sp³-hybridized carbons (Fsp3) is 0.361. The van der Waals surface area contributed by atoms with Crippen molar-refractivity contribution in [2.24, 2.45) is 11.7 Å². The van der Waals surface area contributed by atoms with E-state index in [0.717, 1.165) is 6.92 Å². The van der Waals surface area contributed by atoms with E-state index in [4.69, 9.17) is 10.6 Å². The van der Waals surface area contributed by atoms with Gasteiger partial charge in [-0.3, -0.25) is 24.0 Å². The number of alkyl halides is 3. The van der Waals surface area contributed by atoms with Crippen LogP contribution in [0, 0.1) is 5.92 Å². The summed E-state index contributed by atoms with van der Waals surface area (Å²) in [5.41, 5.74) is 7.07. The van der Waals surface area contributed by atoms with Gasteiger partial charge in [-0.1, -0.05) is 38.1 Å². The summed E-state index contributed by atoms with van der Waals surface area (Å²) in [6.45, 7) is 4.75. The standard InChI is InChI=1S/C36H41F3N6O9/c1-20(2)30(44-33(51)24-10-8-23(9-11-24)25-5-4-16-45(18-25)54-19-46)35(53)43-28(17-22-6-12-26(47)13-7-22)34(52)41-21(3)32(50)42-27(14-15-29(40)48)31(49)36(37,38)39/h4-13,16,18-21,27-28,30-31,49H,14-15,17H2,1-3H3,(H6-,40,41,42,43,44,47,48,50,51,52,53)/p+1/t21-,27?,28-,30-,31?/m0/s1. The molecule has 3 rings (SSSR count). The molecular weight excluding hydrogens is 717 g/mol. The third kappa shape index (κ3) is 12.6. The molecule has 1 aromatic heterocycles. The first-order valence-corrected chi connectivity index (χ1v) is 16.6. The van der Waals surface area contributed by atoms with E-state index in [1.54, 1.807) is 44.3 Å². The van der Waals surface area contributed by atoms with E-state index in [1.807, 2.05) is 5.32 Å². The van der Waals surface area contributed by atoms with Gasteiger partial charge in [0.25, 0.3) is 5.91 Å². The Kier molecular flexibility index (Phi) is 15.0. The zero-order valence-corrected chi connectivity index (χ0v) is 29.5. The zero-order valence-electron chi connectivity index (χ0n) is 29.5. The predicted octanol–water partition coefficient (Wildman–Crippen LogP) is 0.592. The normalized spacial score (nSPS) is 14.1. The van der Waals surface area contributed by atoms with Gasteiger partial charge in [0.15, 0.2) is 6.10 Å². The Labute approximate surface area is 308 Å². The summed E-state index contributed by atoms with van der Waals surface area (Å²) in [7, 11) is 0. The molecule has 15 nitrogen and oxygen atoms in total. The van der Waals surface area contributed by atoms with Crippen LogP contribution in [0.15, 0.2) is 73.1 Å². The Morgan fingerprint density at radius 3 is 2.09 bits per heavy atom. The minimum atomic E-state index is -5.15. The van der Waals surface area contributed by atoms with Crippen LogP contribution in [0.3, 0.4) is 0 Å². The topological polar surface area (TPSA) is 230 Å². The maximum absolute atomic E-state index is 13.7.